The quantitative estimate of drug-likeness (QED) is 0.735. The number of halogens is 2. The maximum Gasteiger partial charge on any atom is 0.252 e. The van der Waals surface area contributed by atoms with E-state index in [0.717, 1.165) is 36.0 Å². The topological polar surface area (TPSA) is 85.8 Å². The van der Waals surface area contributed by atoms with Gasteiger partial charge in [-0.2, -0.15) is 5.10 Å². The minimum absolute atomic E-state index is 0. The molecule has 6 nitrogen and oxygen atoms in total. The molecule has 0 saturated carbocycles. The van der Waals surface area contributed by atoms with Crippen LogP contribution >= 0.6 is 24.8 Å². The molecule has 0 aliphatic carbocycles. The first-order valence-corrected chi connectivity index (χ1v) is 8.78. The van der Waals surface area contributed by atoms with Gasteiger partial charge in [0.05, 0.1) is 28.7 Å². The number of carbonyl (C=O) groups is 1. The van der Waals surface area contributed by atoms with Gasteiger partial charge in [-0.15, -0.1) is 24.8 Å². The molecule has 0 aliphatic rings. The number of carbonyl (C=O) groups excluding carboxylic acids is 1. The van der Waals surface area contributed by atoms with E-state index in [2.05, 4.69) is 29.2 Å². The fourth-order valence-corrected chi connectivity index (χ4v) is 2.90. The third-order valence-electron chi connectivity index (χ3n) is 5.07. The smallest absolute Gasteiger partial charge is 0.252 e. The molecule has 0 aromatic carbocycles. The second-order valence-electron chi connectivity index (χ2n) is 6.54. The van der Waals surface area contributed by atoms with Crippen molar-refractivity contribution in [3.63, 3.8) is 0 Å². The highest BCUT2D eigenvalue weighted by atomic mass is 35.5. The zero-order valence-electron chi connectivity index (χ0n) is 16.2. The third-order valence-corrected chi connectivity index (χ3v) is 5.07. The Bertz CT molecular complexity index is 719. The van der Waals surface area contributed by atoms with Crippen molar-refractivity contribution in [2.75, 3.05) is 6.54 Å². The van der Waals surface area contributed by atoms with Crippen LogP contribution in [-0.4, -0.2) is 32.8 Å². The minimum atomic E-state index is -0.368. The summed E-state index contributed by atoms with van der Waals surface area (Å²) in [7, 11) is 0. The molecule has 148 valence electrons. The average molecular weight is 404 g/mol. The zero-order valence-corrected chi connectivity index (χ0v) is 17.8. The fraction of sp³-hybridized carbons (Fsp3) is 0.611. The van der Waals surface area contributed by atoms with Crippen LogP contribution in [0.3, 0.4) is 0 Å². The van der Waals surface area contributed by atoms with E-state index < -0.39 is 0 Å². The van der Waals surface area contributed by atoms with Crippen molar-refractivity contribution >= 4 is 41.8 Å². The molecule has 0 radical (unpaired) electrons. The molecule has 2 aromatic heterocycles. The SMILES string of the molecule is CCC(C)n1ncc2c(C(=O)NC(CC)(CC)CN)cc(C)nc21.Cl.Cl. The van der Waals surface area contributed by atoms with E-state index in [9.17, 15) is 4.79 Å². The highest BCUT2D eigenvalue weighted by molar-refractivity contribution is 6.05. The Hall–Kier alpha value is -1.37. The Labute approximate surface area is 168 Å². The van der Waals surface area contributed by atoms with Crippen molar-refractivity contribution in [1.29, 1.82) is 0 Å². The van der Waals surface area contributed by atoms with Crippen molar-refractivity contribution < 1.29 is 4.79 Å². The minimum Gasteiger partial charge on any atom is -0.345 e. The molecule has 26 heavy (non-hydrogen) atoms. The molecule has 2 heterocycles. The second kappa shape index (κ2) is 10.1. The molecule has 0 bridgehead atoms. The third kappa shape index (κ3) is 4.67. The van der Waals surface area contributed by atoms with Gasteiger partial charge >= 0.3 is 0 Å². The molecule has 3 N–H and O–H groups in total. The predicted octanol–water partition coefficient (Wildman–Crippen LogP) is 3.80. The largest absolute Gasteiger partial charge is 0.345 e. The molecule has 0 fully saturated rings. The van der Waals surface area contributed by atoms with Gasteiger partial charge in [-0.3, -0.25) is 4.79 Å². The van der Waals surface area contributed by atoms with Crippen LogP contribution in [0.15, 0.2) is 12.3 Å². The first kappa shape index (κ1) is 24.6. The normalized spacial score (nSPS) is 12.2. The van der Waals surface area contributed by atoms with E-state index in [-0.39, 0.29) is 42.3 Å². The van der Waals surface area contributed by atoms with Crippen LogP contribution in [0, 0.1) is 6.92 Å². The average Bonchev–Trinajstić information content (AvgIpc) is 3.01. The van der Waals surface area contributed by atoms with Crippen LogP contribution in [0.2, 0.25) is 0 Å². The summed E-state index contributed by atoms with van der Waals surface area (Å²) in [4.78, 5) is 17.5. The maximum atomic E-state index is 12.9. The number of nitrogens with two attached hydrogens (primary N) is 1. The number of pyridine rings is 1. The van der Waals surface area contributed by atoms with E-state index in [1.54, 1.807) is 6.20 Å². The summed E-state index contributed by atoms with van der Waals surface area (Å²) in [5.74, 6) is -0.108. The lowest BCUT2D eigenvalue weighted by molar-refractivity contribution is 0.0897. The highest BCUT2D eigenvalue weighted by Gasteiger charge is 2.28. The van der Waals surface area contributed by atoms with E-state index in [1.807, 2.05) is 31.5 Å². The van der Waals surface area contributed by atoms with Crippen molar-refractivity contribution in [3.05, 3.63) is 23.5 Å². The molecule has 0 spiro atoms. The lowest BCUT2D eigenvalue weighted by atomic mass is 9.92. The number of amides is 1. The van der Waals surface area contributed by atoms with Crippen molar-refractivity contribution in [3.8, 4) is 0 Å². The Kier molecular flexibility index (Phi) is 9.56. The van der Waals surface area contributed by atoms with Crippen LogP contribution in [-0.2, 0) is 0 Å². The van der Waals surface area contributed by atoms with Gasteiger partial charge in [-0.05, 0) is 39.2 Å². The van der Waals surface area contributed by atoms with Gasteiger partial charge in [0.1, 0.15) is 0 Å². The molecule has 2 aromatic rings. The molecular formula is C18H31Cl2N5O. The van der Waals surface area contributed by atoms with Gasteiger partial charge in [0.2, 0.25) is 0 Å². The predicted molar refractivity (Wildman–Crippen MR) is 112 cm³/mol. The molecule has 0 saturated heterocycles. The van der Waals surface area contributed by atoms with Crippen LogP contribution in [0.4, 0.5) is 0 Å². The lowest BCUT2D eigenvalue weighted by Gasteiger charge is -2.31. The maximum absolute atomic E-state index is 12.9. The monoisotopic (exact) mass is 403 g/mol. The number of fused-ring (bicyclic) bond motifs is 1. The summed E-state index contributed by atoms with van der Waals surface area (Å²) in [6.45, 7) is 10.6. The van der Waals surface area contributed by atoms with E-state index in [4.69, 9.17) is 5.73 Å². The van der Waals surface area contributed by atoms with E-state index in [0.29, 0.717) is 12.1 Å². The number of nitrogens with zero attached hydrogens (tertiary/aromatic N) is 3. The molecular weight excluding hydrogens is 373 g/mol. The van der Waals surface area contributed by atoms with Gasteiger partial charge in [0.15, 0.2) is 5.65 Å². The van der Waals surface area contributed by atoms with Crippen molar-refractivity contribution in [2.45, 2.75) is 65.5 Å². The number of hydrogen-bond acceptors (Lipinski definition) is 4. The Morgan fingerprint density at radius 3 is 2.42 bits per heavy atom. The summed E-state index contributed by atoms with van der Waals surface area (Å²) in [5, 5.41) is 8.38. The number of rotatable bonds is 7. The summed E-state index contributed by atoms with van der Waals surface area (Å²) in [6, 6.07) is 2.06. The standard InChI is InChI=1S/C18H29N5O.2ClH/c1-6-13(5)23-16-15(10-20-23)14(9-12(4)21-16)17(24)22-18(7-2,8-3)11-19;;/h9-10,13H,6-8,11,19H2,1-5H3,(H,22,24);2*1H. The Morgan fingerprint density at radius 2 is 1.92 bits per heavy atom. The van der Waals surface area contributed by atoms with Crippen LogP contribution in [0.25, 0.3) is 11.0 Å². The zero-order chi connectivity index (χ0) is 17.9. The fourth-order valence-electron chi connectivity index (χ4n) is 2.90. The molecule has 8 heteroatoms. The van der Waals surface area contributed by atoms with Gasteiger partial charge in [-0.25, -0.2) is 9.67 Å². The van der Waals surface area contributed by atoms with Crippen LogP contribution < -0.4 is 11.1 Å². The Morgan fingerprint density at radius 1 is 1.31 bits per heavy atom. The summed E-state index contributed by atoms with van der Waals surface area (Å²) < 4.78 is 1.90. The molecule has 0 aliphatic heterocycles. The van der Waals surface area contributed by atoms with Gasteiger partial charge in [0.25, 0.3) is 5.91 Å². The van der Waals surface area contributed by atoms with Crippen molar-refractivity contribution in [2.24, 2.45) is 5.73 Å². The van der Waals surface area contributed by atoms with Gasteiger partial charge in [-0.1, -0.05) is 20.8 Å². The Balaban J connectivity index is 0.00000312. The molecule has 1 unspecified atom stereocenters. The lowest BCUT2D eigenvalue weighted by Crippen LogP contribution is -2.52. The van der Waals surface area contributed by atoms with Gasteiger partial charge in [0, 0.05) is 12.2 Å². The first-order chi connectivity index (χ1) is 11.4. The molecule has 2 rings (SSSR count). The van der Waals surface area contributed by atoms with E-state index in [1.165, 1.54) is 0 Å². The van der Waals surface area contributed by atoms with Crippen LogP contribution in [0.5, 0.6) is 0 Å². The number of aryl methyl sites for hydroxylation is 1. The van der Waals surface area contributed by atoms with Crippen LogP contribution in [0.1, 0.15) is 69.1 Å². The first-order valence-electron chi connectivity index (χ1n) is 8.78. The van der Waals surface area contributed by atoms with E-state index >= 15 is 0 Å². The number of hydrogen-bond donors (Lipinski definition) is 2. The highest BCUT2D eigenvalue weighted by Crippen LogP contribution is 2.23. The summed E-state index contributed by atoms with van der Waals surface area (Å²) >= 11 is 0. The number of aromatic nitrogens is 3. The number of nitrogens with one attached hydrogen (secondary N) is 1. The van der Waals surface area contributed by atoms with Crippen molar-refractivity contribution in [1.82, 2.24) is 20.1 Å². The van der Waals surface area contributed by atoms with Gasteiger partial charge < -0.3 is 11.1 Å². The summed E-state index contributed by atoms with van der Waals surface area (Å²) in [5.41, 5.74) is 7.74. The molecule has 1 atom stereocenters. The summed E-state index contributed by atoms with van der Waals surface area (Å²) in [6.07, 6.45) is 4.29. The second-order valence-corrected chi connectivity index (χ2v) is 6.54. The molecule has 1 amide bonds.